The fraction of sp³-hybridized carbons (Fsp3) is 0.500. The molecule has 0 aliphatic rings. The second kappa shape index (κ2) is 4.99. The molecule has 0 spiro atoms. The van der Waals surface area contributed by atoms with E-state index in [-0.39, 0.29) is 17.2 Å². The van der Waals surface area contributed by atoms with E-state index in [1.165, 1.54) is 22.7 Å². The highest BCUT2D eigenvalue weighted by atomic mass is 32.2. The topological polar surface area (TPSA) is 89.2 Å². The number of hydrogen-bond donors (Lipinski definition) is 0. The monoisotopic (exact) mass is 302 g/mol. The van der Waals surface area contributed by atoms with Gasteiger partial charge in [-0.15, -0.1) is 21.5 Å². The van der Waals surface area contributed by atoms with Gasteiger partial charge in [0, 0.05) is 7.05 Å². The summed E-state index contributed by atoms with van der Waals surface area (Å²) in [6.45, 7) is 5.18. The molecule has 2 rings (SSSR count). The molecule has 2 heterocycles. The van der Waals surface area contributed by atoms with Crippen molar-refractivity contribution in [3.63, 3.8) is 0 Å². The number of nitrogens with zero attached hydrogens (tertiary/aromatic N) is 4. The van der Waals surface area contributed by atoms with Crippen molar-refractivity contribution in [3.8, 4) is 0 Å². The molecule has 19 heavy (non-hydrogen) atoms. The molecule has 0 aliphatic carbocycles. The number of rotatable bonds is 4. The first-order valence-electron chi connectivity index (χ1n) is 5.50. The van der Waals surface area contributed by atoms with Crippen molar-refractivity contribution in [1.29, 1.82) is 0 Å². The van der Waals surface area contributed by atoms with Crippen LogP contribution >= 0.6 is 11.3 Å². The molecular weight excluding hydrogens is 288 g/mol. The highest BCUT2D eigenvalue weighted by Gasteiger charge is 2.29. The first kappa shape index (κ1) is 14.1. The van der Waals surface area contributed by atoms with E-state index in [1.807, 2.05) is 6.92 Å². The minimum atomic E-state index is -3.63. The van der Waals surface area contributed by atoms with Crippen LogP contribution in [0.4, 0.5) is 0 Å². The summed E-state index contributed by atoms with van der Waals surface area (Å²) in [5, 5.41) is 12.9. The third-order valence-corrected chi connectivity index (χ3v) is 5.43. The van der Waals surface area contributed by atoms with Gasteiger partial charge in [-0.2, -0.15) is 4.31 Å². The van der Waals surface area contributed by atoms with Gasteiger partial charge in [0.1, 0.15) is 20.6 Å². The molecule has 2 aromatic rings. The normalized spacial score (nSPS) is 12.3. The lowest BCUT2D eigenvalue weighted by molar-refractivity contribution is 0.389. The number of hydrogen-bond acceptors (Lipinski definition) is 7. The van der Waals surface area contributed by atoms with Crippen molar-refractivity contribution in [2.75, 3.05) is 7.05 Å². The first-order valence-corrected chi connectivity index (χ1v) is 7.76. The van der Waals surface area contributed by atoms with Gasteiger partial charge in [-0.05, 0) is 20.8 Å². The van der Waals surface area contributed by atoms with Crippen molar-refractivity contribution in [2.45, 2.75) is 32.2 Å². The predicted molar refractivity (Wildman–Crippen MR) is 69.3 cm³/mol. The third-order valence-electron chi connectivity index (χ3n) is 2.56. The van der Waals surface area contributed by atoms with Crippen LogP contribution < -0.4 is 0 Å². The van der Waals surface area contributed by atoms with Gasteiger partial charge >= 0.3 is 0 Å². The van der Waals surface area contributed by atoms with Gasteiger partial charge in [-0.25, -0.2) is 8.42 Å². The van der Waals surface area contributed by atoms with E-state index in [0.717, 1.165) is 5.01 Å². The maximum Gasteiger partial charge on any atom is 0.248 e. The van der Waals surface area contributed by atoms with Crippen LogP contribution in [0, 0.1) is 20.8 Å². The second-order valence-electron chi connectivity index (χ2n) is 4.13. The summed E-state index contributed by atoms with van der Waals surface area (Å²) < 4.78 is 31.0. The van der Waals surface area contributed by atoms with Crippen LogP contribution in [0.1, 0.15) is 21.5 Å². The Morgan fingerprint density at radius 1 is 1.26 bits per heavy atom. The molecule has 0 N–H and O–H groups in total. The molecule has 7 nitrogen and oxygen atoms in total. The van der Waals surface area contributed by atoms with Crippen LogP contribution in [0.3, 0.4) is 0 Å². The van der Waals surface area contributed by atoms with Gasteiger partial charge in [0.15, 0.2) is 5.76 Å². The minimum absolute atomic E-state index is 0.122. The standard InChI is InChI=1S/C10H14N4O3S2/c1-6-10(7(2)17-13-6)19(15,16)14(4)5-9-12-11-8(3)18-9/h5H2,1-4H3. The molecular formula is C10H14N4O3S2. The van der Waals surface area contributed by atoms with E-state index in [4.69, 9.17) is 4.52 Å². The number of aryl methyl sites for hydroxylation is 3. The van der Waals surface area contributed by atoms with Gasteiger partial charge in [0.2, 0.25) is 10.0 Å². The van der Waals surface area contributed by atoms with Crippen LogP contribution in [0.25, 0.3) is 0 Å². The van der Waals surface area contributed by atoms with Gasteiger partial charge in [0.05, 0.1) is 6.54 Å². The highest BCUT2D eigenvalue weighted by Crippen LogP contribution is 2.24. The Labute approximate surface area is 115 Å². The van der Waals surface area contributed by atoms with E-state index in [0.29, 0.717) is 10.7 Å². The lowest BCUT2D eigenvalue weighted by atomic mass is 10.4. The number of aromatic nitrogens is 3. The molecule has 0 saturated carbocycles. The van der Waals surface area contributed by atoms with Crippen molar-refractivity contribution >= 4 is 21.4 Å². The van der Waals surface area contributed by atoms with Gasteiger partial charge in [0.25, 0.3) is 0 Å². The Kier molecular flexibility index (Phi) is 3.70. The fourth-order valence-electron chi connectivity index (χ4n) is 1.68. The van der Waals surface area contributed by atoms with Gasteiger partial charge in [-0.1, -0.05) is 5.16 Å². The molecule has 0 bridgehead atoms. The fourth-order valence-corrected chi connectivity index (χ4v) is 3.93. The number of sulfonamides is 1. The molecule has 0 atom stereocenters. The summed E-state index contributed by atoms with van der Waals surface area (Å²) in [6.07, 6.45) is 0. The summed E-state index contributed by atoms with van der Waals surface area (Å²) >= 11 is 1.37. The summed E-state index contributed by atoms with van der Waals surface area (Å²) in [5.74, 6) is 0.290. The molecule has 0 saturated heterocycles. The highest BCUT2D eigenvalue weighted by molar-refractivity contribution is 7.89. The van der Waals surface area contributed by atoms with Crippen LogP contribution in [-0.4, -0.2) is 35.1 Å². The van der Waals surface area contributed by atoms with Crippen LogP contribution in [0.5, 0.6) is 0 Å². The van der Waals surface area contributed by atoms with E-state index in [2.05, 4.69) is 15.4 Å². The van der Waals surface area contributed by atoms with Crippen LogP contribution in [0.2, 0.25) is 0 Å². The third kappa shape index (κ3) is 2.67. The summed E-state index contributed by atoms with van der Waals surface area (Å²) in [4.78, 5) is 0.122. The Morgan fingerprint density at radius 2 is 1.95 bits per heavy atom. The minimum Gasteiger partial charge on any atom is -0.360 e. The maximum absolute atomic E-state index is 12.4. The Morgan fingerprint density at radius 3 is 2.42 bits per heavy atom. The predicted octanol–water partition coefficient (Wildman–Crippen LogP) is 1.27. The quantitative estimate of drug-likeness (QED) is 0.845. The van der Waals surface area contributed by atoms with E-state index in [1.54, 1.807) is 13.8 Å². The van der Waals surface area contributed by atoms with Crippen molar-refractivity contribution < 1.29 is 12.9 Å². The molecule has 0 radical (unpaired) electrons. The van der Waals surface area contributed by atoms with Crippen molar-refractivity contribution in [3.05, 3.63) is 21.5 Å². The lowest BCUT2D eigenvalue weighted by Gasteiger charge is -2.14. The van der Waals surface area contributed by atoms with Crippen LogP contribution in [0.15, 0.2) is 9.42 Å². The zero-order chi connectivity index (χ0) is 14.2. The lowest BCUT2D eigenvalue weighted by Crippen LogP contribution is -2.27. The second-order valence-corrected chi connectivity index (χ2v) is 7.38. The molecule has 0 amide bonds. The van der Waals surface area contributed by atoms with E-state index >= 15 is 0 Å². The zero-order valence-corrected chi connectivity index (χ0v) is 12.7. The van der Waals surface area contributed by atoms with Crippen molar-refractivity contribution in [1.82, 2.24) is 19.7 Å². The maximum atomic E-state index is 12.4. The zero-order valence-electron chi connectivity index (χ0n) is 11.0. The van der Waals surface area contributed by atoms with Crippen LogP contribution in [-0.2, 0) is 16.6 Å². The SMILES string of the molecule is Cc1nnc(CN(C)S(=O)(=O)c2c(C)noc2C)s1. The van der Waals surface area contributed by atoms with E-state index in [9.17, 15) is 8.42 Å². The molecule has 2 aromatic heterocycles. The smallest absolute Gasteiger partial charge is 0.248 e. The largest absolute Gasteiger partial charge is 0.360 e. The Balaban J connectivity index is 2.30. The van der Waals surface area contributed by atoms with Crippen molar-refractivity contribution in [2.24, 2.45) is 0 Å². The molecule has 0 aliphatic heterocycles. The average molecular weight is 302 g/mol. The van der Waals surface area contributed by atoms with E-state index < -0.39 is 10.0 Å². The van der Waals surface area contributed by atoms with Gasteiger partial charge < -0.3 is 4.52 Å². The first-order chi connectivity index (χ1) is 8.82. The molecule has 9 heteroatoms. The molecule has 0 fully saturated rings. The van der Waals surface area contributed by atoms with Gasteiger partial charge in [-0.3, -0.25) is 0 Å². The summed E-state index contributed by atoms with van der Waals surface area (Å²) in [7, 11) is -2.13. The Bertz CT molecular complexity index is 670. The molecule has 0 aromatic carbocycles. The summed E-state index contributed by atoms with van der Waals surface area (Å²) in [5.41, 5.74) is 0.359. The Hall–Kier alpha value is -1.32. The molecule has 104 valence electrons. The molecule has 0 unspecified atom stereocenters. The summed E-state index contributed by atoms with van der Waals surface area (Å²) in [6, 6.07) is 0. The average Bonchev–Trinajstić information content (AvgIpc) is 2.85.